The molecule has 0 aromatic heterocycles. The summed E-state index contributed by atoms with van der Waals surface area (Å²) in [7, 11) is 0. The lowest BCUT2D eigenvalue weighted by Crippen LogP contribution is -2.45. The molecule has 0 aliphatic rings. The lowest BCUT2D eigenvalue weighted by molar-refractivity contribution is -0.123. The van der Waals surface area contributed by atoms with Gasteiger partial charge < -0.3 is 15.5 Å². The number of amides is 1. The summed E-state index contributed by atoms with van der Waals surface area (Å²) < 4.78 is 0. The van der Waals surface area contributed by atoms with Crippen molar-refractivity contribution in [2.24, 2.45) is 0 Å². The molecule has 3 N–H and O–H groups in total. The maximum atomic E-state index is 12.3. The van der Waals surface area contributed by atoms with E-state index in [0.29, 0.717) is 6.42 Å². The van der Waals surface area contributed by atoms with Gasteiger partial charge in [-0.15, -0.1) is 0 Å². The van der Waals surface area contributed by atoms with E-state index in [1.807, 2.05) is 6.08 Å². The molecule has 292 valence electrons. The molecule has 0 radical (unpaired) electrons. The predicted octanol–water partition coefficient (Wildman–Crippen LogP) is 13.3. The van der Waals surface area contributed by atoms with Crippen molar-refractivity contribution in [3.05, 3.63) is 85.1 Å². The smallest absolute Gasteiger partial charge is 0.220 e. The van der Waals surface area contributed by atoms with Crippen molar-refractivity contribution >= 4 is 5.91 Å². The summed E-state index contributed by atoms with van der Waals surface area (Å²) in [6.45, 7) is 4.13. The van der Waals surface area contributed by atoms with Crippen molar-refractivity contribution in [1.29, 1.82) is 0 Å². The number of carbonyl (C=O) groups excluding carboxylic acids is 1. The Kier molecular flexibility index (Phi) is 40.0. The van der Waals surface area contributed by atoms with Gasteiger partial charge in [0.2, 0.25) is 5.91 Å². The third-order valence-corrected chi connectivity index (χ3v) is 9.11. The van der Waals surface area contributed by atoms with Gasteiger partial charge in [0, 0.05) is 6.42 Å². The summed E-state index contributed by atoms with van der Waals surface area (Å²) in [4.78, 5) is 12.3. The Morgan fingerprint density at radius 3 is 1.37 bits per heavy atom. The lowest BCUT2D eigenvalue weighted by Gasteiger charge is -2.19. The van der Waals surface area contributed by atoms with E-state index in [2.05, 4.69) is 92.1 Å². The molecule has 0 saturated carbocycles. The second-order valence-corrected chi connectivity index (χ2v) is 14.0. The Morgan fingerprint density at radius 1 is 0.490 bits per heavy atom. The Balaban J connectivity index is 3.56. The highest BCUT2D eigenvalue weighted by Gasteiger charge is 2.17. The fourth-order valence-electron chi connectivity index (χ4n) is 5.87. The summed E-state index contributed by atoms with van der Waals surface area (Å²) >= 11 is 0. The molecule has 0 aliphatic carbocycles. The highest BCUT2D eigenvalue weighted by molar-refractivity contribution is 5.76. The quantitative estimate of drug-likeness (QED) is 0.0445. The zero-order valence-electron chi connectivity index (χ0n) is 33.3. The third kappa shape index (κ3) is 38.6. The van der Waals surface area contributed by atoms with E-state index >= 15 is 0 Å². The van der Waals surface area contributed by atoms with Crippen LogP contribution in [0.2, 0.25) is 0 Å². The van der Waals surface area contributed by atoms with Crippen molar-refractivity contribution < 1.29 is 15.0 Å². The van der Waals surface area contributed by atoms with E-state index in [4.69, 9.17) is 0 Å². The number of carbonyl (C=O) groups is 1. The molecule has 2 atom stereocenters. The van der Waals surface area contributed by atoms with Crippen LogP contribution < -0.4 is 5.32 Å². The molecule has 0 aliphatic heterocycles. The van der Waals surface area contributed by atoms with Crippen LogP contribution in [0.4, 0.5) is 0 Å². The Labute approximate surface area is 316 Å². The van der Waals surface area contributed by atoms with Gasteiger partial charge in [0.05, 0.1) is 18.8 Å². The van der Waals surface area contributed by atoms with Crippen LogP contribution in [0.1, 0.15) is 187 Å². The van der Waals surface area contributed by atoms with E-state index in [9.17, 15) is 15.0 Å². The number of aliphatic hydroxyl groups excluding tert-OH is 2. The number of nitrogens with one attached hydrogen (secondary N) is 1. The first-order valence-corrected chi connectivity index (χ1v) is 21.3. The summed E-state index contributed by atoms with van der Waals surface area (Å²) in [5.74, 6) is -0.0818. The molecule has 2 unspecified atom stereocenters. The van der Waals surface area contributed by atoms with Gasteiger partial charge in [0.15, 0.2) is 0 Å². The first-order chi connectivity index (χ1) is 25.2. The van der Waals surface area contributed by atoms with Crippen molar-refractivity contribution in [2.75, 3.05) is 6.61 Å². The van der Waals surface area contributed by atoms with Gasteiger partial charge in [-0.2, -0.15) is 0 Å². The second-order valence-electron chi connectivity index (χ2n) is 14.0. The van der Waals surface area contributed by atoms with Crippen molar-refractivity contribution in [1.82, 2.24) is 5.32 Å². The van der Waals surface area contributed by atoms with Crippen LogP contribution in [0.5, 0.6) is 0 Å². The maximum absolute atomic E-state index is 12.3. The van der Waals surface area contributed by atoms with Crippen LogP contribution in [0, 0.1) is 0 Å². The van der Waals surface area contributed by atoms with Gasteiger partial charge >= 0.3 is 0 Å². The normalized spacial score (nSPS) is 13.9. The fraction of sp³-hybridized carbons (Fsp3) is 0.681. The molecule has 0 saturated heterocycles. The van der Waals surface area contributed by atoms with Gasteiger partial charge in [-0.25, -0.2) is 0 Å². The van der Waals surface area contributed by atoms with Crippen LogP contribution in [-0.2, 0) is 4.79 Å². The van der Waals surface area contributed by atoms with Gasteiger partial charge in [-0.05, 0) is 77.0 Å². The first-order valence-electron chi connectivity index (χ1n) is 21.3. The largest absolute Gasteiger partial charge is 0.394 e. The van der Waals surface area contributed by atoms with Crippen LogP contribution in [-0.4, -0.2) is 34.9 Å². The van der Waals surface area contributed by atoms with Gasteiger partial charge in [0.1, 0.15) is 0 Å². The third-order valence-electron chi connectivity index (χ3n) is 9.11. The highest BCUT2D eigenvalue weighted by atomic mass is 16.3. The second kappa shape index (κ2) is 42.0. The molecule has 0 fully saturated rings. The van der Waals surface area contributed by atoms with Crippen molar-refractivity contribution in [3.63, 3.8) is 0 Å². The Bertz CT molecular complexity index is 941. The average molecular weight is 708 g/mol. The lowest BCUT2D eigenvalue weighted by atomic mass is 10.0. The monoisotopic (exact) mass is 708 g/mol. The average Bonchev–Trinajstić information content (AvgIpc) is 3.13. The molecular formula is C47H81NO3. The molecule has 0 rings (SSSR count). The number of hydrogen-bond acceptors (Lipinski definition) is 3. The molecular weight excluding hydrogens is 627 g/mol. The van der Waals surface area contributed by atoms with Crippen LogP contribution >= 0.6 is 0 Å². The van der Waals surface area contributed by atoms with Crippen molar-refractivity contribution in [2.45, 2.75) is 199 Å². The number of rotatable bonds is 37. The van der Waals surface area contributed by atoms with Crippen LogP contribution in [0.25, 0.3) is 0 Å². The van der Waals surface area contributed by atoms with Gasteiger partial charge in [-0.3, -0.25) is 4.79 Å². The summed E-state index contributed by atoms with van der Waals surface area (Å²) in [5, 5.41) is 22.8. The topological polar surface area (TPSA) is 69.6 Å². The molecule has 4 heteroatoms. The molecule has 0 bridgehead atoms. The van der Waals surface area contributed by atoms with E-state index in [1.165, 1.54) is 103 Å². The Morgan fingerprint density at radius 2 is 0.882 bits per heavy atom. The van der Waals surface area contributed by atoms with Crippen molar-refractivity contribution in [3.8, 4) is 0 Å². The first kappa shape index (κ1) is 48.6. The minimum Gasteiger partial charge on any atom is -0.394 e. The van der Waals surface area contributed by atoms with E-state index < -0.39 is 12.1 Å². The summed E-state index contributed by atoms with van der Waals surface area (Å²) in [6.07, 6.45) is 61.2. The minimum atomic E-state index is -0.864. The predicted molar refractivity (Wildman–Crippen MR) is 225 cm³/mol. The van der Waals surface area contributed by atoms with Gasteiger partial charge in [0.25, 0.3) is 0 Å². The van der Waals surface area contributed by atoms with Crippen LogP contribution in [0.15, 0.2) is 85.1 Å². The number of unbranched alkanes of at least 4 members (excludes halogenated alkanes) is 18. The zero-order chi connectivity index (χ0) is 37.1. The van der Waals surface area contributed by atoms with E-state index in [0.717, 1.165) is 64.2 Å². The molecule has 0 aromatic rings. The SMILES string of the molecule is CC/C=C\C/C=C\C/C=C\C/C=C\C/C=C\CCCCCCCCCCCCCCCC(=O)NC(CO)C(O)/C=C/CC/C=C/CCCCCC. The zero-order valence-corrected chi connectivity index (χ0v) is 33.3. The number of aliphatic hydroxyl groups is 2. The summed E-state index contributed by atoms with van der Waals surface area (Å²) in [5.41, 5.74) is 0. The minimum absolute atomic E-state index is 0.0818. The maximum Gasteiger partial charge on any atom is 0.220 e. The number of allylic oxidation sites excluding steroid dienone is 13. The van der Waals surface area contributed by atoms with Gasteiger partial charge in [-0.1, -0.05) is 189 Å². The highest BCUT2D eigenvalue weighted by Crippen LogP contribution is 2.14. The molecule has 1 amide bonds. The van der Waals surface area contributed by atoms with Crippen LogP contribution in [0.3, 0.4) is 0 Å². The summed E-state index contributed by atoms with van der Waals surface area (Å²) in [6, 6.07) is -0.641. The van der Waals surface area contributed by atoms with E-state index in [1.54, 1.807) is 6.08 Å². The number of hydrogen-bond donors (Lipinski definition) is 3. The molecule has 0 aromatic carbocycles. The molecule has 4 nitrogen and oxygen atoms in total. The molecule has 51 heavy (non-hydrogen) atoms. The molecule has 0 heterocycles. The Hall–Kier alpha value is -2.43. The molecule has 0 spiro atoms. The standard InChI is InChI=1S/C47H81NO3/c1-3-5-7-9-11-13-15-16-17-18-19-20-21-22-23-24-25-26-27-28-29-30-31-32-33-35-37-39-41-43-47(51)48-45(44-49)46(50)42-40-38-36-34-14-12-10-8-6-4-2/h5,7,11,13-14,16-17,19-20,22-23,34,40,42,45-46,49-50H,3-4,6,8-10,12,15,18,21,24-33,35-39,41,43-44H2,1-2H3,(H,48,51)/b7-5-,13-11-,17-16-,20-19-,23-22-,34-14+,42-40+. The van der Waals surface area contributed by atoms with E-state index in [-0.39, 0.29) is 12.5 Å². The fourth-order valence-corrected chi connectivity index (χ4v) is 5.87.